The minimum absolute atomic E-state index is 0.104. The van der Waals surface area contributed by atoms with E-state index in [1.54, 1.807) is 4.90 Å². The maximum Gasteiger partial charge on any atom is 0.261 e. The van der Waals surface area contributed by atoms with Crippen LogP contribution in [0.3, 0.4) is 0 Å². The second-order valence-electron chi connectivity index (χ2n) is 9.90. The molecule has 6 heteroatoms. The fraction of sp³-hybridized carbons (Fsp3) is 0.355. The van der Waals surface area contributed by atoms with Gasteiger partial charge in [0.2, 0.25) is 5.91 Å². The van der Waals surface area contributed by atoms with Gasteiger partial charge in [-0.3, -0.25) is 9.59 Å². The number of aryl methyl sites for hydroxylation is 2. The molecule has 1 N–H and O–H groups in total. The molecular weight excluding hydrogens is 528 g/mol. The molecule has 1 aliphatic rings. The van der Waals surface area contributed by atoms with Crippen LogP contribution in [0.2, 0.25) is 0 Å². The number of nitrogens with one attached hydrogen (secondary N) is 1. The van der Waals surface area contributed by atoms with Crippen molar-refractivity contribution < 1.29 is 14.3 Å². The first-order chi connectivity index (χ1) is 17.9. The first kappa shape index (κ1) is 26.9. The summed E-state index contributed by atoms with van der Waals surface area (Å²) in [7, 11) is 0. The van der Waals surface area contributed by atoms with E-state index >= 15 is 0 Å². The van der Waals surface area contributed by atoms with Crippen LogP contribution >= 0.6 is 15.9 Å². The first-order valence-corrected chi connectivity index (χ1v) is 13.8. The van der Waals surface area contributed by atoms with Crippen LogP contribution in [-0.2, 0) is 22.6 Å². The maximum atomic E-state index is 13.8. The molecule has 37 heavy (non-hydrogen) atoms. The summed E-state index contributed by atoms with van der Waals surface area (Å²) >= 11 is 3.48. The molecule has 0 unspecified atom stereocenters. The summed E-state index contributed by atoms with van der Waals surface area (Å²) in [6, 6.07) is 23.2. The number of benzene rings is 3. The van der Waals surface area contributed by atoms with E-state index in [0.29, 0.717) is 18.7 Å². The third-order valence-corrected chi connectivity index (χ3v) is 7.45. The highest BCUT2D eigenvalue weighted by atomic mass is 79.9. The van der Waals surface area contributed by atoms with Gasteiger partial charge >= 0.3 is 0 Å². The van der Waals surface area contributed by atoms with Gasteiger partial charge < -0.3 is 15.0 Å². The molecule has 1 fully saturated rings. The van der Waals surface area contributed by atoms with Gasteiger partial charge in [-0.2, -0.15) is 0 Å². The zero-order chi connectivity index (χ0) is 26.2. The quantitative estimate of drug-likeness (QED) is 0.322. The molecule has 0 bridgehead atoms. The summed E-state index contributed by atoms with van der Waals surface area (Å²) in [5.74, 6) is 0.357. The highest BCUT2D eigenvalue weighted by molar-refractivity contribution is 9.10. The summed E-state index contributed by atoms with van der Waals surface area (Å²) in [6.07, 6.45) is 4.66. The van der Waals surface area contributed by atoms with E-state index in [-0.39, 0.29) is 24.5 Å². The standard InChI is InChI=1S/C31H35BrN2O3/c1-22-12-17-29(23(2)18-22)37-21-30(35)34(20-25-13-15-26(32)16-14-25)28(19-24-8-4-3-5-9-24)31(36)33-27-10-6-7-11-27/h3-5,8-9,12-18,27-28H,6-7,10-11,19-21H2,1-2H3,(H,33,36)/t28-/m0/s1. The smallest absolute Gasteiger partial charge is 0.261 e. The van der Waals surface area contributed by atoms with E-state index in [2.05, 4.69) is 21.2 Å². The van der Waals surface area contributed by atoms with E-state index in [4.69, 9.17) is 4.74 Å². The zero-order valence-electron chi connectivity index (χ0n) is 21.6. The van der Waals surface area contributed by atoms with Crippen LogP contribution in [0.5, 0.6) is 5.75 Å². The highest BCUT2D eigenvalue weighted by Crippen LogP contribution is 2.22. The van der Waals surface area contributed by atoms with Gasteiger partial charge in [0.05, 0.1) is 0 Å². The minimum Gasteiger partial charge on any atom is -0.483 e. The molecule has 1 aliphatic carbocycles. The van der Waals surface area contributed by atoms with Gasteiger partial charge in [0.25, 0.3) is 5.91 Å². The third kappa shape index (κ3) is 7.68. The van der Waals surface area contributed by atoms with Gasteiger partial charge in [-0.1, -0.05) is 88.9 Å². The lowest BCUT2D eigenvalue weighted by Crippen LogP contribution is -2.53. The lowest BCUT2D eigenvalue weighted by atomic mass is 10.0. The zero-order valence-corrected chi connectivity index (χ0v) is 23.2. The fourth-order valence-corrected chi connectivity index (χ4v) is 5.16. The second-order valence-corrected chi connectivity index (χ2v) is 10.8. The predicted octanol–water partition coefficient (Wildman–Crippen LogP) is 6.14. The average Bonchev–Trinajstić information content (AvgIpc) is 3.40. The van der Waals surface area contributed by atoms with Crippen molar-refractivity contribution in [2.75, 3.05) is 6.61 Å². The Hall–Kier alpha value is -3.12. The van der Waals surface area contributed by atoms with E-state index in [1.165, 1.54) is 0 Å². The molecule has 194 valence electrons. The van der Waals surface area contributed by atoms with E-state index < -0.39 is 6.04 Å². The van der Waals surface area contributed by atoms with Crippen molar-refractivity contribution in [3.63, 3.8) is 0 Å². The molecule has 3 aromatic carbocycles. The van der Waals surface area contributed by atoms with Crippen molar-refractivity contribution >= 4 is 27.7 Å². The second kappa shape index (κ2) is 12.9. The van der Waals surface area contributed by atoms with Gasteiger partial charge in [-0.15, -0.1) is 0 Å². The topological polar surface area (TPSA) is 58.6 Å². The number of nitrogens with zero attached hydrogens (tertiary/aromatic N) is 1. The molecule has 0 heterocycles. The van der Waals surface area contributed by atoms with E-state index in [9.17, 15) is 9.59 Å². The molecule has 3 aromatic rings. The average molecular weight is 564 g/mol. The summed E-state index contributed by atoms with van der Waals surface area (Å²) in [4.78, 5) is 29.1. The summed E-state index contributed by atoms with van der Waals surface area (Å²) in [5.41, 5.74) is 4.08. The monoisotopic (exact) mass is 562 g/mol. The number of ether oxygens (including phenoxy) is 1. The van der Waals surface area contributed by atoms with Crippen LogP contribution in [0, 0.1) is 13.8 Å². The van der Waals surface area contributed by atoms with Gasteiger partial charge in [-0.25, -0.2) is 0 Å². The molecule has 0 saturated heterocycles. The summed E-state index contributed by atoms with van der Waals surface area (Å²) in [5, 5.41) is 3.24. The molecule has 1 atom stereocenters. The number of hydrogen-bond donors (Lipinski definition) is 1. The van der Waals surface area contributed by atoms with Gasteiger partial charge in [-0.05, 0) is 61.6 Å². The number of halogens is 1. The molecule has 0 radical (unpaired) electrons. The normalized spacial score (nSPS) is 14.2. The van der Waals surface area contributed by atoms with Crippen LogP contribution < -0.4 is 10.1 Å². The fourth-order valence-electron chi connectivity index (χ4n) is 4.89. The number of carbonyl (C=O) groups excluding carboxylic acids is 2. The summed E-state index contributed by atoms with van der Waals surface area (Å²) < 4.78 is 6.94. The van der Waals surface area contributed by atoms with E-state index in [0.717, 1.165) is 52.4 Å². The Kier molecular flexibility index (Phi) is 9.40. The van der Waals surface area contributed by atoms with Crippen molar-refractivity contribution in [2.24, 2.45) is 0 Å². The molecule has 0 aromatic heterocycles. The number of hydrogen-bond acceptors (Lipinski definition) is 3. The molecule has 0 aliphatic heterocycles. The predicted molar refractivity (Wildman–Crippen MR) is 150 cm³/mol. The van der Waals surface area contributed by atoms with Crippen molar-refractivity contribution in [2.45, 2.75) is 64.6 Å². The van der Waals surface area contributed by atoms with E-state index in [1.807, 2.05) is 86.6 Å². The Morgan fingerprint density at radius 1 is 0.973 bits per heavy atom. The molecule has 1 saturated carbocycles. The molecule has 2 amide bonds. The Balaban J connectivity index is 1.61. The van der Waals surface area contributed by atoms with Crippen LogP contribution in [-0.4, -0.2) is 35.4 Å². The van der Waals surface area contributed by atoms with Gasteiger partial charge in [0.1, 0.15) is 11.8 Å². The van der Waals surface area contributed by atoms with Gasteiger partial charge in [0, 0.05) is 23.5 Å². The Bertz CT molecular complexity index is 1190. The summed E-state index contributed by atoms with van der Waals surface area (Å²) in [6.45, 7) is 4.18. The van der Waals surface area contributed by atoms with Gasteiger partial charge in [0.15, 0.2) is 6.61 Å². The van der Waals surface area contributed by atoms with Crippen molar-refractivity contribution in [1.82, 2.24) is 10.2 Å². The molecule has 4 rings (SSSR count). The van der Waals surface area contributed by atoms with Crippen molar-refractivity contribution in [3.05, 3.63) is 99.5 Å². The van der Waals surface area contributed by atoms with Crippen LogP contribution in [0.1, 0.15) is 47.9 Å². The Morgan fingerprint density at radius 3 is 2.35 bits per heavy atom. The molecule has 5 nitrogen and oxygen atoms in total. The number of carbonyl (C=O) groups is 2. The number of rotatable bonds is 10. The van der Waals surface area contributed by atoms with Crippen molar-refractivity contribution in [1.29, 1.82) is 0 Å². The maximum absolute atomic E-state index is 13.8. The Labute approximate surface area is 228 Å². The number of amides is 2. The minimum atomic E-state index is -0.651. The third-order valence-electron chi connectivity index (χ3n) is 6.92. The van der Waals surface area contributed by atoms with Crippen LogP contribution in [0.4, 0.5) is 0 Å². The first-order valence-electron chi connectivity index (χ1n) is 13.0. The lowest BCUT2D eigenvalue weighted by molar-refractivity contribution is -0.143. The van der Waals surface area contributed by atoms with Crippen molar-refractivity contribution in [3.8, 4) is 5.75 Å². The largest absolute Gasteiger partial charge is 0.483 e. The molecule has 0 spiro atoms. The lowest BCUT2D eigenvalue weighted by Gasteiger charge is -2.32. The van der Waals surface area contributed by atoms with Crippen LogP contribution in [0.25, 0.3) is 0 Å². The van der Waals surface area contributed by atoms with Crippen LogP contribution in [0.15, 0.2) is 77.3 Å². The Morgan fingerprint density at radius 2 is 1.68 bits per heavy atom. The SMILES string of the molecule is Cc1ccc(OCC(=O)N(Cc2ccc(Br)cc2)[C@@H](Cc2ccccc2)C(=O)NC2CCCC2)c(C)c1. The highest BCUT2D eigenvalue weighted by Gasteiger charge is 2.32. The molecular formula is C31H35BrN2O3.